The SMILES string of the molecule is O=C(Nc1cccc(-c2ccc(N3CCCC3)nn2)c1)c1cc(OCc2ccccc2)ncn1. The van der Waals surface area contributed by atoms with Crippen molar-refractivity contribution in [2.24, 2.45) is 0 Å². The van der Waals surface area contributed by atoms with E-state index in [1.807, 2.05) is 66.7 Å². The van der Waals surface area contributed by atoms with Crippen molar-refractivity contribution in [3.05, 3.63) is 90.4 Å². The number of carbonyl (C=O) groups is 1. The van der Waals surface area contributed by atoms with Crippen LogP contribution in [0.5, 0.6) is 5.88 Å². The fourth-order valence-electron chi connectivity index (χ4n) is 3.82. The molecular formula is C26H24N6O2. The van der Waals surface area contributed by atoms with Crippen LogP contribution in [-0.4, -0.2) is 39.2 Å². The van der Waals surface area contributed by atoms with E-state index in [0.717, 1.165) is 35.7 Å². The first-order chi connectivity index (χ1) is 16.7. The van der Waals surface area contributed by atoms with E-state index in [9.17, 15) is 4.79 Å². The summed E-state index contributed by atoms with van der Waals surface area (Å²) in [6, 6.07) is 22.7. The van der Waals surface area contributed by atoms with Crippen LogP contribution in [0.3, 0.4) is 0 Å². The second-order valence-electron chi connectivity index (χ2n) is 8.02. The van der Waals surface area contributed by atoms with Crippen molar-refractivity contribution in [2.45, 2.75) is 19.4 Å². The highest BCUT2D eigenvalue weighted by Crippen LogP contribution is 2.23. The van der Waals surface area contributed by atoms with Gasteiger partial charge in [-0.05, 0) is 42.7 Å². The number of aromatic nitrogens is 4. The lowest BCUT2D eigenvalue weighted by molar-refractivity contribution is 0.102. The molecule has 170 valence electrons. The molecule has 0 aliphatic carbocycles. The Labute approximate surface area is 197 Å². The van der Waals surface area contributed by atoms with E-state index < -0.39 is 0 Å². The maximum Gasteiger partial charge on any atom is 0.274 e. The summed E-state index contributed by atoms with van der Waals surface area (Å²) in [5.74, 6) is 0.894. The van der Waals surface area contributed by atoms with Gasteiger partial charge in [0.25, 0.3) is 5.91 Å². The molecule has 34 heavy (non-hydrogen) atoms. The number of nitrogens with one attached hydrogen (secondary N) is 1. The molecule has 5 rings (SSSR count). The molecule has 0 spiro atoms. The monoisotopic (exact) mass is 452 g/mol. The molecule has 3 heterocycles. The van der Waals surface area contributed by atoms with Crippen LogP contribution in [-0.2, 0) is 6.61 Å². The summed E-state index contributed by atoms with van der Waals surface area (Å²) in [7, 11) is 0. The number of rotatable bonds is 7. The zero-order chi connectivity index (χ0) is 23.2. The van der Waals surface area contributed by atoms with Gasteiger partial charge in [-0.2, -0.15) is 0 Å². The Balaban J connectivity index is 1.25. The largest absolute Gasteiger partial charge is 0.473 e. The lowest BCUT2D eigenvalue weighted by Gasteiger charge is -2.15. The number of carbonyl (C=O) groups excluding carboxylic acids is 1. The van der Waals surface area contributed by atoms with E-state index in [0.29, 0.717) is 18.2 Å². The second kappa shape index (κ2) is 10.1. The minimum atomic E-state index is -0.348. The van der Waals surface area contributed by atoms with Gasteiger partial charge in [-0.25, -0.2) is 9.97 Å². The molecule has 1 aliphatic heterocycles. The van der Waals surface area contributed by atoms with Crippen LogP contribution in [0.1, 0.15) is 28.9 Å². The fourth-order valence-corrected chi connectivity index (χ4v) is 3.82. The van der Waals surface area contributed by atoms with E-state index in [4.69, 9.17) is 4.74 Å². The molecule has 2 aromatic carbocycles. The minimum Gasteiger partial charge on any atom is -0.473 e. The normalized spacial score (nSPS) is 13.0. The zero-order valence-corrected chi connectivity index (χ0v) is 18.6. The third-order valence-corrected chi connectivity index (χ3v) is 5.60. The summed E-state index contributed by atoms with van der Waals surface area (Å²) in [6.45, 7) is 2.41. The van der Waals surface area contributed by atoms with Gasteiger partial charge in [0.2, 0.25) is 5.88 Å². The number of benzene rings is 2. The smallest absolute Gasteiger partial charge is 0.274 e. The molecule has 0 bridgehead atoms. The highest BCUT2D eigenvalue weighted by molar-refractivity contribution is 6.03. The van der Waals surface area contributed by atoms with Gasteiger partial charge in [-0.15, -0.1) is 10.2 Å². The lowest BCUT2D eigenvalue weighted by atomic mass is 10.1. The quantitative estimate of drug-likeness (QED) is 0.445. The Bertz CT molecular complexity index is 1260. The first kappa shape index (κ1) is 21.5. The molecule has 8 nitrogen and oxygen atoms in total. The Morgan fingerprint density at radius 3 is 2.56 bits per heavy atom. The molecule has 4 aromatic rings. The number of ether oxygens (including phenoxy) is 1. The van der Waals surface area contributed by atoms with Crippen LogP contribution >= 0.6 is 0 Å². The van der Waals surface area contributed by atoms with Gasteiger partial charge >= 0.3 is 0 Å². The van der Waals surface area contributed by atoms with E-state index in [1.165, 1.54) is 25.2 Å². The number of hydrogen-bond acceptors (Lipinski definition) is 7. The maximum atomic E-state index is 12.8. The first-order valence-corrected chi connectivity index (χ1v) is 11.2. The summed E-state index contributed by atoms with van der Waals surface area (Å²) in [5.41, 5.74) is 3.49. The van der Waals surface area contributed by atoms with Gasteiger partial charge in [-0.1, -0.05) is 42.5 Å². The van der Waals surface area contributed by atoms with Gasteiger partial charge in [0, 0.05) is 30.4 Å². The number of amides is 1. The van der Waals surface area contributed by atoms with Crippen molar-refractivity contribution in [3.63, 3.8) is 0 Å². The average molecular weight is 453 g/mol. The van der Waals surface area contributed by atoms with Crippen LogP contribution in [0, 0.1) is 0 Å². The predicted octanol–water partition coefficient (Wildman–Crippen LogP) is 4.37. The highest BCUT2D eigenvalue weighted by atomic mass is 16.5. The van der Waals surface area contributed by atoms with Crippen molar-refractivity contribution >= 4 is 17.4 Å². The van der Waals surface area contributed by atoms with Crippen molar-refractivity contribution in [1.82, 2.24) is 20.2 Å². The standard InChI is InChI=1S/C26H24N6O2/c33-26(23-16-25(28-18-27-23)34-17-19-7-2-1-3-8-19)29-21-10-6-9-20(15-21)22-11-12-24(31-30-22)32-13-4-5-14-32/h1-3,6-12,15-16,18H,4-5,13-14,17H2,(H,29,33). The third kappa shape index (κ3) is 5.17. The predicted molar refractivity (Wildman–Crippen MR) is 130 cm³/mol. The molecule has 1 aliphatic rings. The van der Waals surface area contributed by atoms with Gasteiger partial charge in [0.15, 0.2) is 5.82 Å². The van der Waals surface area contributed by atoms with E-state index in [-0.39, 0.29) is 11.6 Å². The molecule has 8 heteroatoms. The van der Waals surface area contributed by atoms with E-state index >= 15 is 0 Å². The summed E-state index contributed by atoms with van der Waals surface area (Å²) in [6.07, 6.45) is 3.71. The summed E-state index contributed by atoms with van der Waals surface area (Å²) >= 11 is 0. The number of anilines is 2. The van der Waals surface area contributed by atoms with Crippen LogP contribution in [0.4, 0.5) is 11.5 Å². The fraction of sp³-hybridized carbons (Fsp3) is 0.192. The Kier molecular flexibility index (Phi) is 6.38. The van der Waals surface area contributed by atoms with Crippen LogP contribution < -0.4 is 15.0 Å². The van der Waals surface area contributed by atoms with Crippen molar-refractivity contribution < 1.29 is 9.53 Å². The minimum absolute atomic E-state index is 0.221. The highest BCUT2D eigenvalue weighted by Gasteiger charge is 2.15. The molecule has 0 unspecified atom stereocenters. The van der Waals surface area contributed by atoms with Gasteiger partial charge < -0.3 is 15.0 Å². The average Bonchev–Trinajstić information content (AvgIpc) is 3.44. The lowest BCUT2D eigenvalue weighted by Crippen LogP contribution is -2.19. The van der Waals surface area contributed by atoms with E-state index in [1.54, 1.807) is 0 Å². The molecule has 1 fully saturated rings. The third-order valence-electron chi connectivity index (χ3n) is 5.60. The van der Waals surface area contributed by atoms with Crippen LogP contribution in [0.2, 0.25) is 0 Å². The van der Waals surface area contributed by atoms with Crippen LogP contribution in [0.25, 0.3) is 11.3 Å². The summed E-state index contributed by atoms with van der Waals surface area (Å²) < 4.78 is 5.71. The molecule has 1 N–H and O–H groups in total. The Hall–Kier alpha value is -4.33. The van der Waals surface area contributed by atoms with E-state index in [2.05, 4.69) is 30.4 Å². The van der Waals surface area contributed by atoms with Gasteiger partial charge in [0.05, 0.1) is 5.69 Å². The van der Waals surface area contributed by atoms with Crippen LogP contribution in [0.15, 0.2) is 79.1 Å². The van der Waals surface area contributed by atoms with Gasteiger partial charge in [-0.3, -0.25) is 4.79 Å². The second-order valence-corrected chi connectivity index (χ2v) is 8.02. The molecule has 0 atom stereocenters. The molecule has 1 saturated heterocycles. The van der Waals surface area contributed by atoms with Crippen molar-refractivity contribution in [1.29, 1.82) is 0 Å². The summed E-state index contributed by atoms with van der Waals surface area (Å²) in [5, 5.41) is 11.7. The zero-order valence-electron chi connectivity index (χ0n) is 18.6. The molecule has 2 aromatic heterocycles. The molecule has 0 radical (unpaired) electrons. The maximum absolute atomic E-state index is 12.8. The first-order valence-electron chi connectivity index (χ1n) is 11.2. The Morgan fingerprint density at radius 2 is 1.76 bits per heavy atom. The Morgan fingerprint density at radius 1 is 0.912 bits per heavy atom. The molecular weight excluding hydrogens is 428 g/mol. The number of hydrogen-bond donors (Lipinski definition) is 1. The number of nitrogens with zero attached hydrogens (tertiary/aromatic N) is 5. The molecule has 1 amide bonds. The van der Waals surface area contributed by atoms with Gasteiger partial charge in [0.1, 0.15) is 18.6 Å². The van der Waals surface area contributed by atoms with Crippen molar-refractivity contribution in [2.75, 3.05) is 23.3 Å². The topological polar surface area (TPSA) is 93.1 Å². The van der Waals surface area contributed by atoms with Crippen molar-refractivity contribution in [3.8, 4) is 17.1 Å². The summed E-state index contributed by atoms with van der Waals surface area (Å²) in [4.78, 5) is 23.2. The molecule has 0 saturated carbocycles.